The Morgan fingerprint density at radius 3 is 2.50 bits per heavy atom. The van der Waals surface area contributed by atoms with Gasteiger partial charge >= 0.3 is 8.05 Å². The van der Waals surface area contributed by atoms with Gasteiger partial charge in [0.1, 0.15) is 5.75 Å². The van der Waals surface area contributed by atoms with Crippen LogP contribution in [0.2, 0.25) is 0 Å². The van der Waals surface area contributed by atoms with E-state index in [0.29, 0.717) is 0 Å². The van der Waals surface area contributed by atoms with Gasteiger partial charge in [0.2, 0.25) is 0 Å². The van der Waals surface area contributed by atoms with E-state index >= 15 is 0 Å². The third-order valence-electron chi connectivity index (χ3n) is 2.98. The summed E-state index contributed by atoms with van der Waals surface area (Å²) < 4.78 is 5.37. The molecule has 0 amide bonds. The maximum absolute atomic E-state index is 5.37. The highest BCUT2D eigenvalue weighted by Crippen LogP contribution is 2.29. The van der Waals surface area contributed by atoms with Crippen molar-refractivity contribution < 1.29 is 4.65 Å². The third-order valence-corrected chi connectivity index (χ3v) is 2.98. The predicted molar refractivity (Wildman–Crippen MR) is 76.4 cm³/mol. The molecule has 0 bridgehead atoms. The smallest absolute Gasteiger partial charge is 0.322 e. The zero-order chi connectivity index (χ0) is 12.4. The van der Waals surface area contributed by atoms with Gasteiger partial charge < -0.3 is 4.65 Å². The van der Waals surface area contributed by atoms with Crippen molar-refractivity contribution in [3.05, 3.63) is 60.7 Å². The van der Waals surface area contributed by atoms with Gasteiger partial charge in [0.25, 0.3) is 0 Å². The SMILES string of the molecule is BOc1ccccc1-c1ccc2ccccc2n1. The normalized spacial score (nSPS) is 10.4. The number of fused-ring (bicyclic) bond motifs is 1. The maximum Gasteiger partial charge on any atom is 0.322 e. The summed E-state index contributed by atoms with van der Waals surface area (Å²) >= 11 is 0. The van der Waals surface area contributed by atoms with E-state index in [1.807, 2.05) is 48.5 Å². The van der Waals surface area contributed by atoms with Gasteiger partial charge in [-0.2, -0.15) is 0 Å². The first-order valence-electron chi connectivity index (χ1n) is 5.87. The molecule has 0 atom stereocenters. The van der Waals surface area contributed by atoms with E-state index in [1.165, 1.54) is 0 Å². The highest BCUT2D eigenvalue weighted by atomic mass is 16.4. The fraction of sp³-hybridized carbons (Fsp3) is 0. The summed E-state index contributed by atoms with van der Waals surface area (Å²) in [5.74, 6) is 0.847. The summed E-state index contributed by atoms with van der Waals surface area (Å²) in [4.78, 5) is 4.67. The van der Waals surface area contributed by atoms with Crippen LogP contribution in [-0.4, -0.2) is 13.0 Å². The molecule has 2 aromatic carbocycles. The molecule has 0 saturated carbocycles. The quantitative estimate of drug-likeness (QED) is 0.635. The van der Waals surface area contributed by atoms with Crippen LogP contribution in [0, 0.1) is 0 Å². The van der Waals surface area contributed by atoms with Gasteiger partial charge in [-0.05, 0) is 24.3 Å². The van der Waals surface area contributed by atoms with Gasteiger partial charge in [-0.1, -0.05) is 36.4 Å². The van der Waals surface area contributed by atoms with E-state index < -0.39 is 0 Å². The average molecular weight is 233 g/mol. The van der Waals surface area contributed by atoms with Crippen LogP contribution in [0.25, 0.3) is 22.2 Å². The van der Waals surface area contributed by atoms with Gasteiger partial charge in [0, 0.05) is 10.9 Å². The molecule has 0 aliphatic rings. The second-order valence-corrected chi connectivity index (χ2v) is 4.09. The molecule has 2 nitrogen and oxygen atoms in total. The lowest BCUT2D eigenvalue weighted by Crippen LogP contribution is -1.91. The molecule has 86 valence electrons. The van der Waals surface area contributed by atoms with Crippen molar-refractivity contribution in [1.29, 1.82) is 0 Å². The molecular formula is C15H12BNO. The number of hydrogen-bond acceptors (Lipinski definition) is 2. The lowest BCUT2D eigenvalue weighted by atomic mass is 10.1. The molecule has 0 fully saturated rings. The van der Waals surface area contributed by atoms with Crippen molar-refractivity contribution in [2.75, 3.05) is 0 Å². The number of para-hydroxylation sites is 2. The van der Waals surface area contributed by atoms with E-state index in [2.05, 4.69) is 17.1 Å². The van der Waals surface area contributed by atoms with E-state index in [0.717, 1.165) is 27.9 Å². The molecular weight excluding hydrogens is 221 g/mol. The number of rotatable bonds is 2. The summed E-state index contributed by atoms with van der Waals surface area (Å²) in [7, 11) is 1.68. The Morgan fingerprint density at radius 1 is 0.833 bits per heavy atom. The first-order valence-corrected chi connectivity index (χ1v) is 5.87. The van der Waals surface area contributed by atoms with Crippen LogP contribution in [-0.2, 0) is 0 Å². The zero-order valence-electron chi connectivity index (χ0n) is 10.1. The van der Waals surface area contributed by atoms with Crippen LogP contribution >= 0.6 is 0 Å². The van der Waals surface area contributed by atoms with Crippen LogP contribution in [0.5, 0.6) is 5.75 Å². The first-order chi connectivity index (χ1) is 8.88. The number of aromatic nitrogens is 1. The van der Waals surface area contributed by atoms with Gasteiger partial charge in [0.05, 0.1) is 11.2 Å². The van der Waals surface area contributed by atoms with Crippen LogP contribution in [0.4, 0.5) is 0 Å². The fourth-order valence-electron chi connectivity index (χ4n) is 2.07. The number of pyridine rings is 1. The number of nitrogens with zero attached hydrogens (tertiary/aromatic N) is 1. The predicted octanol–water partition coefficient (Wildman–Crippen LogP) is 2.83. The van der Waals surface area contributed by atoms with Crippen LogP contribution < -0.4 is 4.65 Å². The van der Waals surface area contributed by atoms with Crippen LogP contribution in [0.1, 0.15) is 0 Å². The zero-order valence-corrected chi connectivity index (χ0v) is 10.1. The summed E-state index contributed by atoms with van der Waals surface area (Å²) in [6.07, 6.45) is 0. The Balaban J connectivity index is 2.19. The Kier molecular flexibility index (Phi) is 2.73. The Hall–Kier alpha value is -2.29. The van der Waals surface area contributed by atoms with Crippen molar-refractivity contribution in [2.45, 2.75) is 0 Å². The van der Waals surface area contributed by atoms with Crippen LogP contribution in [0.15, 0.2) is 60.7 Å². The second kappa shape index (κ2) is 4.53. The monoisotopic (exact) mass is 233 g/mol. The summed E-state index contributed by atoms with van der Waals surface area (Å²) in [6, 6.07) is 20.2. The number of hydrogen-bond donors (Lipinski definition) is 0. The van der Waals surface area contributed by atoms with Crippen molar-refractivity contribution >= 4 is 19.0 Å². The molecule has 0 unspecified atom stereocenters. The topological polar surface area (TPSA) is 22.1 Å². The molecule has 3 aromatic rings. The highest BCUT2D eigenvalue weighted by Gasteiger charge is 2.06. The Morgan fingerprint density at radius 2 is 1.61 bits per heavy atom. The molecule has 0 radical (unpaired) electrons. The maximum atomic E-state index is 5.37. The molecule has 1 aromatic heterocycles. The van der Waals surface area contributed by atoms with Crippen LogP contribution in [0.3, 0.4) is 0 Å². The Bertz CT molecular complexity index is 697. The molecule has 3 rings (SSSR count). The summed E-state index contributed by atoms with van der Waals surface area (Å²) in [5.41, 5.74) is 2.96. The molecule has 18 heavy (non-hydrogen) atoms. The van der Waals surface area contributed by atoms with Gasteiger partial charge in [-0.15, -0.1) is 0 Å². The minimum atomic E-state index is 0.847. The lowest BCUT2D eigenvalue weighted by molar-refractivity contribution is 0.618. The largest absolute Gasteiger partial charge is 0.567 e. The molecule has 1 heterocycles. The molecule has 3 heteroatoms. The first kappa shape index (κ1) is 10.8. The van der Waals surface area contributed by atoms with Gasteiger partial charge in [-0.3, -0.25) is 0 Å². The summed E-state index contributed by atoms with van der Waals surface area (Å²) in [5, 5.41) is 1.15. The molecule has 0 N–H and O–H groups in total. The molecule has 0 aliphatic heterocycles. The average Bonchev–Trinajstić information content (AvgIpc) is 2.46. The van der Waals surface area contributed by atoms with E-state index in [4.69, 9.17) is 4.65 Å². The van der Waals surface area contributed by atoms with E-state index in [-0.39, 0.29) is 0 Å². The summed E-state index contributed by atoms with van der Waals surface area (Å²) in [6.45, 7) is 0. The van der Waals surface area contributed by atoms with Crippen molar-refractivity contribution in [1.82, 2.24) is 4.98 Å². The van der Waals surface area contributed by atoms with Crippen molar-refractivity contribution in [3.8, 4) is 17.0 Å². The minimum absolute atomic E-state index is 0.847. The third kappa shape index (κ3) is 1.84. The van der Waals surface area contributed by atoms with E-state index in [9.17, 15) is 0 Å². The van der Waals surface area contributed by atoms with Gasteiger partial charge in [-0.25, -0.2) is 4.98 Å². The lowest BCUT2D eigenvalue weighted by Gasteiger charge is -2.08. The number of benzene rings is 2. The Labute approximate surface area is 107 Å². The van der Waals surface area contributed by atoms with Gasteiger partial charge in [0.15, 0.2) is 0 Å². The van der Waals surface area contributed by atoms with E-state index in [1.54, 1.807) is 8.05 Å². The standard InChI is InChI=1S/C15H12BNO/c16-18-15-8-4-2-6-12(15)14-10-9-11-5-1-3-7-13(11)17-14/h1-10H,16H2. The fourth-order valence-corrected chi connectivity index (χ4v) is 2.07. The molecule has 0 saturated heterocycles. The van der Waals surface area contributed by atoms with Crippen molar-refractivity contribution in [3.63, 3.8) is 0 Å². The highest BCUT2D eigenvalue weighted by molar-refractivity contribution is 6.00. The van der Waals surface area contributed by atoms with Crippen molar-refractivity contribution in [2.24, 2.45) is 0 Å². The molecule has 0 aliphatic carbocycles. The molecule has 0 spiro atoms. The minimum Gasteiger partial charge on any atom is -0.567 e. The second-order valence-electron chi connectivity index (χ2n) is 4.09.